The predicted octanol–water partition coefficient (Wildman–Crippen LogP) is 8.33. The molecular weight excluding hydrogens is 492 g/mol. The highest BCUT2D eigenvalue weighted by Gasteiger charge is 2.19. The van der Waals surface area contributed by atoms with Gasteiger partial charge in [-0.05, 0) is 29.7 Å². The molecule has 0 spiro atoms. The lowest BCUT2D eigenvalue weighted by Crippen LogP contribution is -2.36. The third-order valence-electron chi connectivity index (χ3n) is 5.88. The molecule has 0 bridgehead atoms. The molecule has 38 heavy (non-hydrogen) atoms. The van der Waals surface area contributed by atoms with E-state index in [1.807, 2.05) is 44.2 Å². The standard InChI is InChI=1S/C25H20N2O3S.C5H12.C2H6/c26-15-7-8-22-20(13-15)18-5-2-4-17(25(18)31-22)16-3-1-6-19-21(28)14-23(30-24(16)19)27-9-11-29-12-10-27;1-5(2,3)4;1-2/h1-8,13-14H,9-12,26H2;1-4H3;1-2H3. The Labute approximate surface area is 228 Å². The van der Waals surface area contributed by atoms with Gasteiger partial charge in [0.2, 0.25) is 0 Å². The van der Waals surface area contributed by atoms with Crippen LogP contribution in [0.3, 0.4) is 0 Å². The van der Waals surface area contributed by atoms with Crippen molar-refractivity contribution >= 4 is 54.0 Å². The van der Waals surface area contributed by atoms with Crippen molar-refractivity contribution in [1.82, 2.24) is 0 Å². The van der Waals surface area contributed by atoms with Gasteiger partial charge in [0, 0.05) is 56.1 Å². The first-order chi connectivity index (χ1) is 18.2. The molecule has 2 N–H and O–H groups in total. The molecule has 5 nitrogen and oxygen atoms in total. The first kappa shape index (κ1) is 27.7. The molecular formula is C32H38N2O3S. The van der Waals surface area contributed by atoms with Crippen molar-refractivity contribution in [3.8, 4) is 11.1 Å². The van der Waals surface area contributed by atoms with Crippen molar-refractivity contribution < 1.29 is 9.15 Å². The molecule has 3 heterocycles. The van der Waals surface area contributed by atoms with E-state index in [1.165, 1.54) is 4.70 Å². The fraction of sp³-hybridized carbons (Fsp3) is 0.344. The third-order valence-corrected chi connectivity index (χ3v) is 7.10. The van der Waals surface area contributed by atoms with Gasteiger partial charge in [-0.1, -0.05) is 71.9 Å². The lowest BCUT2D eigenvalue weighted by Gasteiger charge is -2.27. The zero-order chi connectivity index (χ0) is 27.4. The van der Waals surface area contributed by atoms with Crippen LogP contribution in [0.4, 0.5) is 11.6 Å². The summed E-state index contributed by atoms with van der Waals surface area (Å²) in [5.41, 5.74) is 9.88. The van der Waals surface area contributed by atoms with E-state index < -0.39 is 0 Å². The van der Waals surface area contributed by atoms with Crippen LogP contribution in [-0.2, 0) is 4.74 Å². The topological polar surface area (TPSA) is 68.7 Å². The largest absolute Gasteiger partial charge is 0.440 e. The van der Waals surface area contributed by atoms with Gasteiger partial charge in [0.05, 0.1) is 18.6 Å². The number of thiophene rings is 1. The van der Waals surface area contributed by atoms with E-state index in [2.05, 4.69) is 56.9 Å². The number of benzene rings is 3. The number of nitrogens with two attached hydrogens (primary N) is 1. The fourth-order valence-electron chi connectivity index (χ4n) is 4.34. The fourth-order valence-corrected chi connectivity index (χ4v) is 5.56. The second-order valence-electron chi connectivity index (χ2n) is 10.8. The highest BCUT2D eigenvalue weighted by atomic mass is 32.1. The van der Waals surface area contributed by atoms with E-state index in [0.717, 1.165) is 32.3 Å². The zero-order valence-electron chi connectivity index (χ0n) is 23.3. The van der Waals surface area contributed by atoms with E-state index in [-0.39, 0.29) is 5.43 Å². The van der Waals surface area contributed by atoms with E-state index in [4.69, 9.17) is 14.9 Å². The summed E-state index contributed by atoms with van der Waals surface area (Å²) < 4.78 is 14.2. The quantitative estimate of drug-likeness (QED) is 0.232. The predicted molar refractivity (Wildman–Crippen MR) is 165 cm³/mol. The molecule has 0 unspecified atom stereocenters. The summed E-state index contributed by atoms with van der Waals surface area (Å²) in [5, 5.41) is 2.91. The average molecular weight is 531 g/mol. The SMILES string of the molecule is CC.CC(C)(C)C.Nc1ccc2sc3c(-c4cccc5c(=O)cc(N6CCOCC6)oc45)cccc3c2c1. The smallest absolute Gasteiger partial charge is 0.200 e. The average Bonchev–Trinajstić information content (AvgIpc) is 3.27. The molecule has 0 radical (unpaired) electrons. The number of fused-ring (bicyclic) bond motifs is 4. The van der Waals surface area contributed by atoms with E-state index in [0.29, 0.717) is 48.6 Å². The number of hydrogen-bond donors (Lipinski definition) is 1. The minimum atomic E-state index is -0.0270. The van der Waals surface area contributed by atoms with Crippen LogP contribution >= 0.6 is 11.3 Å². The Morgan fingerprint density at radius 3 is 2.16 bits per heavy atom. The molecule has 6 rings (SSSR count). The molecule has 0 amide bonds. The number of nitrogen functional groups attached to an aromatic ring is 1. The van der Waals surface area contributed by atoms with Gasteiger partial charge >= 0.3 is 0 Å². The number of anilines is 2. The zero-order valence-corrected chi connectivity index (χ0v) is 24.1. The molecule has 200 valence electrons. The van der Waals surface area contributed by atoms with E-state index in [1.54, 1.807) is 17.4 Å². The minimum absolute atomic E-state index is 0.0270. The molecule has 1 fully saturated rings. The number of hydrogen-bond acceptors (Lipinski definition) is 6. The molecule has 6 heteroatoms. The highest BCUT2D eigenvalue weighted by molar-refractivity contribution is 7.26. The lowest BCUT2D eigenvalue weighted by atomic mass is 10.0. The van der Waals surface area contributed by atoms with Gasteiger partial charge in [-0.25, -0.2) is 0 Å². The van der Waals surface area contributed by atoms with Crippen LogP contribution in [0.5, 0.6) is 0 Å². The van der Waals surface area contributed by atoms with Crippen LogP contribution in [0.25, 0.3) is 42.3 Å². The van der Waals surface area contributed by atoms with Gasteiger partial charge in [-0.15, -0.1) is 11.3 Å². The van der Waals surface area contributed by atoms with Crippen LogP contribution in [0, 0.1) is 5.41 Å². The Morgan fingerprint density at radius 1 is 0.842 bits per heavy atom. The molecule has 3 aromatic carbocycles. The Hall–Kier alpha value is -3.35. The van der Waals surface area contributed by atoms with E-state index in [9.17, 15) is 4.79 Å². The Morgan fingerprint density at radius 2 is 1.47 bits per heavy atom. The van der Waals surface area contributed by atoms with Gasteiger partial charge in [-0.3, -0.25) is 4.79 Å². The summed E-state index contributed by atoms with van der Waals surface area (Å²) in [6, 6.07) is 19.7. The number of morpholine rings is 1. The molecule has 2 aromatic heterocycles. The highest BCUT2D eigenvalue weighted by Crippen LogP contribution is 2.42. The Bertz CT molecular complexity index is 1600. The number of rotatable bonds is 2. The van der Waals surface area contributed by atoms with Crippen LogP contribution < -0.4 is 16.1 Å². The van der Waals surface area contributed by atoms with Crippen LogP contribution in [0.1, 0.15) is 41.5 Å². The maximum absolute atomic E-state index is 12.9. The summed E-state index contributed by atoms with van der Waals surface area (Å²) in [7, 11) is 0. The maximum atomic E-state index is 12.9. The molecule has 0 atom stereocenters. The minimum Gasteiger partial charge on any atom is -0.440 e. The molecule has 5 aromatic rings. The monoisotopic (exact) mass is 530 g/mol. The van der Waals surface area contributed by atoms with Crippen molar-refractivity contribution in [2.45, 2.75) is 41.5 Å². The van der Waals surface area contributed by atoms with Gasteiger partial charge in [-0.2, -0.15) is 0 Å². The van der Waals surface area contributed by atoms with Gasteiger partial charge in [0.1, 0.15) is 5.58 Å². The van der Waals surface area contributed by atoms with Crippen molar-refractivity contribution in [3.63, 3.8) is 0 Å². The first-order valence-corrected chi connectivity index (χ1v) is 14.1. The Balaban J connectivity index is 0.000000434. The maximum Gasteiger partial charge on any atom is 0.200 e. The number of para-hydroxylation sites is 1. The van der Waals surface area contributed by atoms with Gasteiger partial charge in [0.15, 0.2) is 11.3 Å². The van der Waals surface area contributed by atoms with Crippen LogP contribution in [0.15, 0.2) is 69.9 Å². The van der Waals surface area contributed by atoms with Crippen molar-refractivity contribution in [1.29, 1.82) is 0 Å². The van der Waals surface area contributed by atoms with Crippen molar-refractivity contribution in [3.05, 3.63) is 70.9 Å². The summed E-state index contributed by atoms with van der Waals surface area (Å²) in [6.07, 6.45) is 0. The normalized spacial score (nSPS) is 13.7. The van der Waals surface area contributed by atoms with Gasteiger partial charge < -0.3 is 19.8 Å². The van der Waals surface area contributed by atoms with Crippen molar-refractivity contribution in [2.24, 2.45) is 5.41 Å². The van der Waals surface area contributed by atoms with Crippen LogP contribution in [-0.4, -0.2) is 26.3 Å². The Kier molecular flexibility index (Phi) is 8.44. The van der Waals surface area contributed by atoms with Crippen molar-refractivity contribution in [2.75, 3.05) is 36.9 Å². The summed E-state index contributed by atoms with van der Waals surface area (Å²) in [5.74, 6) is 0.601. The summed E-state index contributed by atoms with van der Waals surface area (Å²) in [6.45, 7) is 15.4. The molecule has 1 saturated heterocycles. The molecule has 0 aliphatic carbocycles. The second-order valence-corrected chi connectivity index (χ2v) is 11.8. The van der Waals surface area contributed by atoms with Crippen LogP contribution in [0.2, 0.25) is 0 Å². The molecule has 0 saturated carbocycles. The number of nitrogens with zero attached hydrogens (tertiary/aromatic N) is 1. The third kappa shape index (κ3) is 6.03. The first-order valence-electron chi connectivity index (χ1n) is 13.3. The van der Waals surface area contributed by atoms with Gasteiger partial charge in [0.25, 0.3) is 0 Å². The van der Waals surface area contributed by atoms with E-state index >= 15 is 0 Å². The summed E-state index contributed by atoms with van der Waals surface area (Å²) >= 11 is 1.73. The summed E-state index contributed by atoms with van der Waals surface area (Å²) in [4.78, 5) is 15.0. The second kappa shape index (κ2) is 11.6. The number of ether oxygens (including phenoxy) is 1. The molecule has 1 aliphatic rings. The lowest BCUT2D eigenvalue weighted by molar-refractivity contribution is 0.121. The molecule has 1 aliphatic heterocycles.